The second-order valence-electron chi connectivity index (χ2n) is 6.74. The fourth-order valence-corrected chi connectivity index (χ4v) is 3.82. The monoisotopic (exact) mass is 520 g/mol. The van der Waals surface area contributed by atoms with Gasteiger partial charge < -0.3 is 10.1 Å². The van der Waals surface area contributed by atoms with Crippen LogP contribution < -0.4 is 0 Å². The van der Waals surface area contributed by atoms with E-state index in [9.17, 15) is 48.7 Å². The first-order valence-corrected chi connectivity index (χ1v) is 10.8. The van der Waals surface area contributed by atoms with Crippen molar-refractivity contribution in [3.8, 4) is 0 Å². The summed E-state index contributed by atoms with van der Waals surface area (Å²) in [7, 11) is -3.29. The van der Waals surface area contributed by atoms with Crippen LogP contribution in [0.5, 0.6) is 0 Å². The van der Waals surface area contributed by atoms with Crippen LogP contribution in [-0.4, -0.2) is 60.1 Å². The number of allylic oxidation sites excluding steroid dienone is 3. The van der Waals surface area contributed by atoms with Gasteiger partial charge >= 0.3 is 18.3 Å². The molecule has 0 saturated carbocycles. The molecule has 0 atom stereocenters. The van der Waals surface area contributed by atoms with E-state index in [1.54, 1.807) is 0 Å². The predicted molar refractivity (Wildman–Crippen MR) is 103 cm³/mol. The standard InChI is InChI=1S/C18H16F8N4O3S/c1-4-9(16(19,20)18(24,25)26)6-11-14(29-31)30(3)15(28-11)13-12(34(32,33)5-2)7-10(8-27-13)17(21,22)23/h4,6-8,31H,5H2,1-3H3/b9-4+,11-6+,29-14-. The van der Waals surface area contributed by atoms with Crippen LogP contribution in [0.4, 0.5) is 35.1 Å². The quantitative estimate of drug-likeness (QED) is 0.353. The van der Waals surface area contributed by atoms with Gasteiger partial charge in [-0.3, -0.25) is 4.98 Å². The van der Waals surface area contributed by atoms with Gasteiger partial charge in [0.05, 0.1) is 16.2 Å². The van der Waals surface area contributed by atoms with Crippen molar-refractivity contribution in [1.29, 1.82) is 0 Å². The van der Waals surface area contributed by atoms with E-state index in [4.69, 9.17) is 0 Å². The van der Waals surface area contributed by atoms with Crippen molar-refractivity contribution < 1.29 is 48.7 Å². The lowest BCUT2D eigenvalue weighted by Gasteiger charge is -2.21. The summed E-state index contributed by atoms with van der Waals surface area (Å²) in [6.45, 7) is 2.03. The molecule has 34 heavy (non-hydrogen) atoms. The maximum absolute atomic E-state index is 13.8. The molecule has 0 saturated heterocycles. The molecule has 1 aromatic rings. The molecule has 1 N–H and O–H groups in total. The molecule has 0 aromatic carbocycles. The largest absolute Gasteiger partial charge is 0.458 e. The number of hydrogen-bond acceptors (Lipinski definition) is 6. The maximum Gasteiger partial charge on any atom is 0.458 e. The van der Waals surface area contributed by atoms with Gasteiger partial charge in [-0.15, -0.1) is 0 Å². The van der Waals surface area contributed by atoms with E-state index in [-0.39, 0.29) is 6.08 Å². The zero-order chi connectivity index (χ0) is 26.3. The van der Waals surface area contributed by atoms with Gasteiger partial charge in [-0.05, 0) is 19.1 Å². The Kier molecular flexibility index (Phi) is 7.17. The molecule has 7 nitrogen and oxygen atoms in total. The number of pyridine rings is 1. The number of halogens is 8. The summed E-state index contributed by atoms with van der Waals surface area (Å²) in [6, 6.07) is 0.296. The Morgan fingerprint density at radius 2 is 1.76 bits per heavy atom. The number of oxime groups is 1. The molecule has 0 bridgehead atoms. The van der Waals surface area contributed by atoms with E-state index in [1.807, 2.05) is 0 Å². The van der Waals surface area contributed by atoms with Crippen molar-refractivity contribution in [2.24, 2.45) is 10.1 Å². The highest BCUT2D eigenvalue weighted by molar-refractivity contribution is 7.91. The first-order chi connectivity index (χ1) is 15.4. The third-order valence-corrected chi connectivity index (χ3v) is 6.36. The highest BCUT2D eigenvalue weighted by Crippen LogP contribution is 2.42. The third kappa shape index (κ3) is 4.90. The number of nitrogens with zero attached hydrogens (tertiary/aromatic N) is 4. The fourth-order valence-electron chi connectivity index (χ4n) is 2.76. The topological polar surface area (TPSA) is 95.2 Å². The highest BCUT2D eigenvalue weighted by Gasteiger charge is 2.59. The zero-order valence-corrected chi connectivity index (χ0v) is 18.3. The van der Waals surface area contributed by atoms with Crippen LogP contribution in [0.2, 0.25) is 0 Å². The van der Waals surface area contributed by atoms with Gasteiger partial charge in [0.1, 0.15) is 11.4 Å². The van der Waals surface area contributed by atoms with Crippen molar-refractivity contribution in [1.82, 2.24) is 9.88 Å². The molecule has 16 heteroatoms. The van der Waals surface area contributed by atoms with Gasteiger partial charge in [0.2, 0.25) is 0 Å². The lowest BCUT2D eigenvalue weighted by Crippen LogP contribution is -2.38. The summed E-state index contributed by atoms with van der Waals surface area (Å²) in [6.07, 6.45) is -9.94. The Hall–Kier alpha value is -3.04. The number of aromatic nitrogens is 1. The van der Waals surface area contributed by atoms with Crippen LogP contribution in [0.1, 0.15) is 25.1 Å². The first kappa shape index (κ1) is 27.2. The van der Waals surface area contributed by atoms with E-state index in [1.165, 1.54) is 0 Å². The normalized spacial score (nSPS) is 18.7. The minimum absolute atomic E-state index is 0.254. The van der Waals surface area contributed by atoms with E-state index in [0.717, 1.165) is 25.8 Å². The van der Waals surface area contributed by atoms with Crippen LogP contribution in [0.25, 0.3) is 0 Å². The average Bonchev–Trinajstić information content (AvgIpc) is 3.04. The Labute approximate surface area is 187 Å². The smallest absolute Gasteiger partial charge is 0.409 e. The molecule has 1 aromatic heterocycles. The predicted octanol–water partition coefficient (Wildman–Crippen LogP) is 4.40. The lowest BCUT2D eigenvalue weighted by atomic mass is 10.1. The Morgan fingerprint density at radius 1 is 1.18 bits per heavy atom. The molecule has 0 spiro atoms. The Balaban J connectivity index is 2.79. The SMILES string of the molecule is C\C=C(/C=C1/N=C(c2ncc(C(F)(F)F)cc2S(=O)(=O)CC)N(C)/C1=N\O)C(F)(F)C(F)(F)F. The van der Waals surface area contributed by atoms with Gasteiger partial charge in [-0.2, -0.15) is 35.1 Å². The fraction of sp³-hybridized carbons (Fsp3) is 0.389. The molecular formula is C18H16F8N4O3S. The number of aliphatic imine (C=N–C) groups is 1. The molecule has 2 heterocycles. The number of hydrogen-bond donors (Lipinski definition) is 1. The minimum Gasteiger partial charge on any atom is -0.409 e. The number of amidine groups is 2. The second kappa shape index (κ2) is 8.96. The van der Waals surface area contributed by atoms with Crippen LogP contribution in [0.15, 0.2) is 50.7 Å². The van der Waals surface area contributed by atoms with Crippen molar-refractivity contribution in [3.05, 3.63) is 46.9 Å². The molecule has 1 aliphatic heterocycles. The summed E-state index contributed by atoms with van der Waals surface area (Å²) in [4.78, 5) is 7.10. The summed E-state index contributed by atoms with van der Waals surface area (Å²) in [5.74, 6) is -7.22. The second-order valence-corrected chi connectivity index (χ2v) is 8.98. The van der Waals surface area contributed by atoms with Crippen molar-refractivity contribution >= 4 is 21.5 Å². The average molecular weight is 520 g/mol. The maximum atomic E-state index is 13.8. The van der Waals surface area contributed by atoms with E-state index >= 15 is 0 Å². The van der Waals surface area contributed by atoms with Crippen LogP contribution in [0.3, 0.4) is 0 Å². The molecule has 0 aliphatic carbocycles. The minimum atomic E-state index is -5.98. The Morgan fingerprint density at radius 3 is 2.21 bits per heavy atom. The summed E-state index contributed by atoms with van der Waals surface area (Å²) in [5.41, 5.74) is -4.39. The first-order valence-electron chi connectivity index (χ1n) is 9.10. The zero-order valence-electron chi connectivity index (χ0n) is 17.5. The molecule has 1 aliphatic rings. The van der Waals surface area contributed by atoms with E-state index in [0.29, 0.717) is 18.3 Å². The Bertz CT molecular complexity index is 1200. The van der Waals surface area contributed by atoms with Gasteiger partial charge in [-0.25, -0.2) is 13.4 Å². The molecule has 0 fully saturated rings. The van der Waals surface area contributed by atoms with E-state index in [2.05, 4.69) is 15.1 Å². The van der Waals surface area contributed by atoms with Gasteiger partial charge in [0, 0.05) is 18.8 Å². The third-order valence-electron chi connectivity index (χ3n) is 4.61. The number of likely N-dealkylation sites (N-methyl/N-ethyl adjacent to an activating group) is 1. The highest BCUT2D eigenvalue weighted by atomic mass is 32.2. The van der Waals surface area contributed by atoms with Crippen molar-refractivity contribution in [3.63, 3.8) is 0 Å². The van der Waals surface area contributed by atoms with Gasteiger partial charge in [0.25, 0.3) is 0 Å². The summed E-state index contributed by atoms with van der Waals surface area (Å²) < 4.78 is 130. The molecule has 2 rings (SSSR count). The van der Waals surface area contributed by atoms with Crippen LogP contribution in [0, 0.1) is 0 Å². The number of sulfone groups is 1. The van der Waals surface area contributed by atoms with Gasteiger partial charge in [-0.1, -0.05) is 18.2 Å². The van der Waals surface area contributed by atoms with Crippen molar-refractivity contribution in [2.75, 3.05) is 12.8 Å². The lowest BCUT2D eigenvalue weighted by molar-refractivity contribution is -0.262. The van der Waals surface area contributed by atoms with Crippen LogP contribution in [-0.2, 0) is 16.0 Å². The summed E-state index contributed by atoms with van der Waals surface area (Å²) in [5, 5.41) is 12.0. The molecular weight excluding hydrogens is 504 g/mol. The van der Waals surface area contributed by atoms with Crippen LogP contribution >= 0.6 is 0 Å². The summed E-state index contributed by atoms with van der Waals surface area (Å²) >= 11 is 0. The van der Waals surface area contributed by atoms with Gasteiger partial charge in [0.15, 0.2) is 21.5 Å². The molecule has 188 valence electrons. The molecule has 0 amide bonds. The number of alkyl halides is 8. The van der Waals surface area contributed by atoms with Crippen molar-refractivity contribution in [2.45, 2.75) is 37.0 Å². The van der Waals surface area contributed by atoms with E-state index < -0.39 is 73.0 Å². The molecule has 0 unspecified atom stereocenters. The number of rotatable bonds is 5. The molecule has 0 radical (unpaired) electrons.